The van der Waals surface area contributed by atoms with E-state index in [9.17, 15) is 21.4 Å². The van der Waals surface area contributed by atoms with E-state index in [0.717, 1.165) is 18.3 Å². The van der Waals surface area contributed by atoms with E-state index in [1.54, 1.807) is 0 Å². The first-order valence-electron chi connectivity index (χ1n) is 9.05. The normalized spacial score (nSPS) is 33.5. The van der Waals surface area contributed by atoms with Crippen LogP contribution in [0.25, 0.3) is 0 Å². The molecule has 0 radical (unpaired) electrons. The molecule has 15 nitrogen and oxygen atoms in total. The van der Waals surface area contributed by atoms with Crippen LogP contribution in [0.1, 0.15) is 19.3 Å². The van der Waals surface area contributed by atoms with Crippen LogP contribution in [0.15, 0.2) is 0 Å². The molecule has 1 aliphatic carbocycles. The van der Waals surface area contributed by atoms with E-state index >= 15 is 0 Å². The Labute approximate surface area is 179 Å². The summed E-state index contributed by atoms with van der Waals surface area (Å²) in [4.78, 5) is 0. The summed E-state index contributed by atoms with van der Waals surface area (Å²) in [6.45, 7) is 0.487. The van der Waals surface area contributed by atoms with Crippen molar-refractivity contribution in [2.24, 2.45) is 5.73 Å². The Balaban J connectivity index is 1.93. The molecule has 2 aliphatic rings. The van der Waals surface area contributed by atoms with Gasteiger partial charge in [0.25, 0.3) is 10.1 Å². The molecule has 1 aliphatic heterocycles. The number of rotatable bonds is 11. The average Bonchev–Trinajstić information content (AvgIpc) is 2.62. The lowest BCUT2D eigenvalue weighted by molar-refractivity contribution is -0.432. The summed E-state index contributed by atoms with van der Waals surface area (Å²) in [5, 5.41) is 26.1. The Kier molecular flexibility index (Phi) is 10.1. The summed E-state index contributed by atoms with van der Waals surface area (Å²) < 4.78 is 61.6. The monoisotopic (exact) mass is 495 g/mol. The second-order valence-electron chi connectivity index (χ2n) is 6.96. The molecule has 6 atom stereocenters. The molecule has 18 heteroatoms. The van der Waals surface area contributed by atoms with E-state index in [0.29, 0.717) is 13.0 Å². The van der Waals surface area contributed by atoms with Gasteiger partial charge in [0.05, 0.1) is 11.5 Å². The molecule has 0 bridgehead atoms. The Morgan fingerprint density at radius 2 is 1.83 bits per heavy atom. The summed E-state index contributed by atoms with van der Waals surface area (Å²) in [5.41, 5.74) is 5.93. The molecule has 0 spiro atoms. The van der Waals surface area contributed by atoms with Crippen LogP contribution in [-0.4, -0.2) is 81.4 Å². The van der Waals surface area contributed by atoms with Crippen LogP contribution >= 0.6 is 12.0 Å². The van der Waals surface area contributed by atoms with Gasteiger partial charge in [-0.3, -0.25) is 31.1 Å². The highest BCUT2D eigenvalue weighted by Crippen LogP contribution is 2.32. The van der Waals surface area contributed by atoms with E-state index < -0.39 is 50.3 Å². The highest BCUT2D eigenvalue weighted by atomic mass is 32.2. The standard InChI is InChI=1S/C12H29N7O8S3/c1-29(21,22)15-5-4-14-11-17-10(13)18-12(19-11)16-8-6-7(30(23,24)25)2-3-9(8)28-27-26-20/h7-12,14-20H,2-6,13H2,1H3,(H,23,24,25). The zero-order valence-corrected chi connectivity index (χ0v) is 18.6. The van der Waals surface area contributed by atoms with Gasteiger partial charge in [-0.25, -0.2) is 18.4 Å². The summed E-state index contributed by atoms with van der Waals surface area (Å²) in [6.07, 6.45) is 0.0971. The predicted molar refractivity (Wildman–Crippen MR) is 108 cm³/mol. The van der Waals surface area contributed by atoms with Crippen LogP contribution < -0.4 is 37.0 Å². The molecule has 1 saturated heterocycles. The van der Waals surface area contributed by atoms with Crippen molar-refractivity contribution >= 4 is 32.2 Å². The van der Waals surface area contributed by atoms with Gasteiger partial charge in [-0.15, -0.1) is 4.33 Å². The second-order valence-corrected chi connectivity index (χ2v) is 11.4. The van der Waals surface area contributed by atoms with Crippen LogP contribution in [0.2, 0.25) is 0 Å². The van der Waals surface area contributed by atoms with Crippen molar-refractivity contribution in [1.29, 1.82) is 0 Å². The Morgan fingerprint density at radius 1 is 1.13 bits per heavy atom. The van der Waals surface area contributed by atoms with Crippen molar-refractivity contribution in [2.75, 3.05) is 19.3 Å². The van der Waals surface area contributed by atoms with Crippen molar-refractivity contribution in [3.8, 4) is 0 Å². The smallest absolute Gasteiger partial charge is 0.267 e. The van der Waals surface area contributed by atoms with Crippen LogP contribution in [-0.2, 0) is 29.5 Å². The van der Waals surface area contributed by atoms with Gasteiger partial charge in [-0.2, -0.15) is 8.42 Å². The summed E-state index contributed by atoms with van der Waals surface area (Å²) >= 11 is 0.833. The van der Waals surface area contributed by atoms with E-state index in [4.69, 9.17) is 11.0 Å². The van der Waals surface area contributed by atoms with Crippen molar-refractivity contribution in [3.05, 3.63) is 0 Å². The number of nitrogens with one attached hydrogen (secondary N) is 6. The van der Waals surface area contributed by atoms with E-state index in [1.165, 1.54) is 0 Å². The molecular formula is C12H29N7O8S3. The van der Waals surface area contributed by atoms with Gasteiger partial charge in [0.1, 0.15) is 18.9 Å². The Hall–Kier alpha value is -0.190. The molecular weight excluding hydrogens is 466 g/mol. The summed E-state index contributed by atoms with van der Waals surface area (Å²) in [5.74, 6) is 0. The third-order valence-corrected chi connectivity index (χ3v) is 7.55. The zero-order chi connectivity index (χ0) is 22.4. The maximum Gasteiger partial charge on any atom is 0.267 e. The number of hydrogen-bond acceptors (Lipinski definition) is 14. The summed E-state index contributed by atoms with van der Waals surface area (Å²) in [6, 6.07) is -0.450. The Bertz CT molecular complexity index is 742. The van der Waals surface area contributed by atoms with E-state index in [1.807, 2.05) is 0 Å². The lowest BCUT2D eigenvalue weighted by Gasteiger charge is -2.42. The van der Waals surface area contributed by atoms with E-state index in [2.05, 4.69) is 40.7 Å². The minimum Gasteiger partial charge on any atom is -0.303 e. The first-order chi connectivity index (χ1) is 14.0. The van der Waals surface area contributed by atoms with Crippen LogP contribution in [0, 0.1) is 0 Å². The van der Waals surface area contributed by atoms with Crippen molar-refractivity contribution in [2.45, 2.75) is 54.7 Å². The van der Waals surface area contributed by atoms with Gasteiger partial charge in [-0.05, 0) is 19.3 Å². The zero-order valence-electron chi connectivity index (χ0n) is 16.1. The molecule has 0 amide bonds. The van der Waals surface area contributed by atoms with Gasteiger partial charge in [0, 0.05) is 36.4 Å². The van der Waals surface area contributed by atoms with Crippen LogP contribution in [0.4, 0.5) is 0 Å². The largest absolute Gasteiger partial charge is 0.303 e. The van der Waals surface area contributed by atoms with E-state index in [-0.39, 0.29) is 24.6 Å². The van der Waals surface area contributed by atoms with Crippen LogP contribution in [0.5, 0.6) is 0 Å². The molecule has 0 aromatic carbocycles. The highest BCUT2D eigenvalue weighted by Gasteiger charge is 2.39. The first-order valence-corrected chi connectivity index (χ1v) is 13.3. The molecule has 0 aromatic rings. The molecule has 2 rings (SSSR count). The number of hydrogen-bond donors (Lipinski definition) is 9. The molecule has 30 heavy (non-hydrogen) atoms. The quantitative estimate of drug-likeness (QED) is 0.0446. The van der Waals surface area contributed by atoms with Crippen LogP contribution in [0.3, 0.4) is 0 Å². The molecule has 1 heterocycles. The molecule has 10 N–H and O–H groups in total. The maximum absolute atomic E-state index is 11.6. The van der Waals surface area contributed by atoms with Crippen molar-refractivity contribution < 1.29 is 36.0 Å². The van der Waals surface area contributed by atoms with Gasteiger partial charge in [0.15, 0.2) is 0 Å². The lowest BCUT2D eigenvalue weighted by atomic mass is 9.94. The molecule has 0 aromatic heterocycles. The average molecular weight is 496 g/mol. The number of nitrogens with two attached hydrogens (primary N) is 1. The van der Waals surface area contributed by atoms with Gasteiger partial charge in [-0.1, -0.05) is 5.04 Å². The second kappa shape index (κ2) is 11.6. The molecule has 2 fully saturated rings. The maximum atomic E-state index is 11.6. The lowest BCUT2D eigenvalue weighted by Crippen LogP contribution is -2.78. The molecule has 178 valence electrons. The summed E-state index contributed by atoms with van der Waals surface area (Å²) in [7, 11) is -7.50. The minimum atomic E-state index is -4.21. The topological polar surface area (TPSA) is 225 Å². The van der Waals surface area contributed by atoms with Crippen molar-refractivity contribution in [1.82, 2.24) is 31.3 Å². The fraction of sp³-hybridized carbons (Fsp3) is 1.00. The van der Waals surface area contributed by atoms with Gasteiger partial charge < -0.3 is 5.73 Å². The third kappa shape index (κ3) is 9.12. The first kappa shape index (κ1) is 26.1. The number of sulfonamides is 1. The van der Waals surface area contributed by atoms with Gasteiger partial charge in [0.2, 0.25) is 10.0 Å². The highest BCUT2D eigenvalue weighted by molar-refractivity contribution is 7.95. The van der Waals surface area contributed by atoms with Gasteiger partial charge >= 0.3 is 0 Å². The molecule has 6 unspecified atom stereocenters. The third-order valence-electron chi connectivity index (χ3n) is 4.60. The SMILES string of the molecule is CS(=O)(=O)NCCNC1NC(N)NC(NC2CC(S(=O)(=O)O)CCC2SOOO)N1. The van der Waals surface area contributed by atoms with Crippen molar-refractivity contribution in [3.63, 3.8) is 0 Å². The Morgan fingerprint density at radius 3 is 2.47 bits per heavy atom. The fourth-order valence-corrected chi connectivity index (χ4v) is 5.33. The molecule has 1 saturated carbocycles. The minimum absolute atomic E-state index is 0.101. The predicted octanol–water partition coefficient (Wildman–Crippen LogP) is -3.45. The fourth-order valence-electron chi connectivity index (χ4n) is 3.28.